The van der Waals surface area contributed by atoms with Crippen molar-refractivity contribution in [2.75, 3.05) is 5.73 Å². The Morgan fingerprint density at radius 1 is 0.950 bits per heavy atom. The predicted molar refractivity (Wildman–Crippen MR) is 71.1 cm³/mol. The monoisotopic (exact) mass is 280 g/mol. The normalized spacial score (nSPS) is 10.7. The van der Waals surface area contributed by atoms with Crippen LogP contribution in [0.25, 0.3) is 11.1 Å². The molecule has 0 amide bonds. The quantitative estimate of drug-likeness (QED) is 0.656. The molecule has 0 saturated heterocycles. The summed E-state index contributed by atoms with van der Waals surface area (Å²) in [5.74, 6) is -2.81. The second-order valence-corrected chi connectivity index (χ2v) is 4.45. The Morgan fingerprint density at radius 2 is 1.60 bits per heavy atom. The molecule has 0 heterocycles. The summed E-state index contributed by atoms with van der Waals surface area (Å²) in [7, 11) is 0. The van der Waals surface area contributed by atoms with Gasteiger partial charge in [0, 0.05) is 11.6 Å². The molecule has 0 unspecified atom stereocenters. The lowest BCUT2D eigenvalue weighted by Crippen LogP contribution is -1.98. The standard InChI is InChI=1S/C14H11F3N2O/c1-6-7(2)14(17)11(16)3-8(6)9-4-12(18)13(19-20)5-10(9)15/h3-5H,18H2,1-2H3. The lowest BCUT2D eigenvalue weighted by atomic mass is 9.95. The van der Waals surface area contributed by atoms with Crippen LogP contribution in [0.3, 0.4) is 0 Å². The Bertz CT molecular complexity index is 714. The van der Waals surface area contributed by atoms with Crippen LogP contribution in [0.15, 0.2) is 23.4 Å². The summed E-state index contributed by atoms with van der Waals surface area (Å²) >= 11 is 0. The van der Waals surface area contributed by atoms with Crippen LogP contribution in [0.5, 0.6) is 0 Å². The number of nitrogens with zero attached hydrogens (tertiary/aromatic N) is 1. The highest BCUT2D eigenvalue weighted by molar-refractivity contribution is 5.77. The third-order valence-corrected chi connectivity index (χ3v) is 3.28. The van der Waals surface area contributed by atoms with Crippen LogP contribution in [-0.2, 0) is 0 Å². The van der Waals surface area contributed by atoms with Crippen LogP contribution in [0.4, 0.5) is 24.5 Å². The van der Waals surface area contributed by atoms with Crippen LogP contribution in [0.1, 0.15) is 11.1 Å². The Labute approximate surface area is 113 Å². The number of nitroso groups, excluding NO2 is 1. The van der Waals surface area contributed by atoms with Gasteiger partial charge in [-0.25, -0.2) is 13.2 Å². The topological polar surface area (TPSA) is 55.4 Å². The fraction of sp³-hybridized carbons (Fsp3) is 0.143. The second kappa shape index (κ2) is 4.96. The average Bonchev–Trinajstić information content (AvgIpc) is 2.42. The predicted octanol–water partition coefficient (Wildman–Crippen LogP) is 4.37. The molecule has 2 rings (SSSR count). The van der Waals surface area contributed by atoms with Gasteiger partial charge < -0.3 is 5.73 Å². The van der Waals surface area contributed by atoms with Crippen molar-refractivity contribution in [3.63, 3.8) is 0 Å². The summed E-state index contributed by atoms with van der Waals surface area (Å²) in [6.07, 6.45) is 0. The summed E-state index contributed by atoms with van der Waals surface area (Å²) < 4.78 is 40.9. The number of hydrogen-bond donors (Lipinski definition) is 1. The molecule has 20 heavy (non-hydrogen) atoms. The lowest BCUT2D eigenvalue weighted by Gasteiger charge is -2.12. The molecule has 0 aromatic heterocycles. The molecule has 2 N–H and O–H groups in total. The summed E-state index contributed by atoms with van der Waals surface area (Å²) in [5.41, 5.74) is 5.97. The first kappa shape index (κ1) is 14.0. The second-order valence-electron chi connectivity index (χ2n) is 4.45. The van der Waals surface area contributed by atoms with Crippen molar-refractivity contribution in [2.45, 2.75) is 13.8 Å². The van der Waals surface area contributed by atoms with Gasteiger partial charge in [0.2, 0.25) is 0 Å². The first-order valence-electron chi connectivity index (χ1n) is 5.74. The Morgan fingerprint density at radius 3 is 2.20 bits per heavy atom. The maximum Gasteiger partial charge on any atom is 0.162 e. The highest BCUT2D eigenvalue weighted by atomic mass is 19.2. The molecular formula is C14H11F3N2O. The summed E-state index contributed by atoms with van der Waals surface area (Å²) in [5, 5.41) is 2.59. The van der Waals surface area contributed by atoms with Gasteiger partial charge in [-0.2, -0.15) is 0 Å². The molecule has 0 aliphatic rings. The van der Waals surface area contributed by atoms with Crippen molar-refractivity contribution in [1.29, 1.82) is 0 Å². The number of benzene rings is 2. The van der Waals surface area contributed by atoms with Gasteiger partial charge in [-0.05, 0) is 47.8 Å². The first-order valence-corrected chi connectivity index (χ1v) is 5.74. The molecule has 2 aromatic rings. The van der Waals surface area contributed by atoms with E-state index in [2.05, 4.69) is 5.18 Å². The molecule has 2 aromatic carbocycles. The van der Waals surface area contributed by atoms with Crippen molar-refractivity contribution < 1.29 is 13.2 Å². The Kier molecular flexibility index (Phi) is 3.48. The Balaban J connectivity index is 2.75. The molecule has 0 aliphatic heterocycles. The molecule has 3 nitrogen and oxygen atoms in total. The van der Waals surface area contributed by atoms with E-state index in [1.165, 1.54) is 13.0 Å². The lowest BCUT2D eigenvalue weighted by molar-refractivity contribution is 0.502. The zero-order valence-corrected chi connectivity index (χ0v) is 10.8. The molecular weight excluding hydrogens is 269 g/mol. The van der Waals surface area contributed by atoms with E-state index in [4.69, 9.17) is 5.73 Å². The van der Waals surface area contributed by atoms with Crippen molar-refractivity contribution in [1.82, 2.24) is 0 Å². The molecule has 0 spiro atoms. The summed E-state index contributed by atoms with van der Waals surface area (Å²) in [6, 6.07) is 2.96. The van der Waals surface area contributed by atoms with Gasteiger partial charge in [-0.3, -0.25) is 0 Å². The van der Waals surface area contributed by atoms with Gasteiger partial charge in [0.05, 0.1) is 5.69 Å². The minimum atomic E-state index is -1.07. The largest absolute Gasteiger partial charge is 0.397 e. The van der Waals surface area contributed by atoms with Gasteiger partial charge in [0.1, 0.15) is 11.5 Å². The van der Waals surface area contributed by atoms with E-state index in [1.807, 2.05) is 0 Å². The smallest absolute Gasteiger partial charge is 0.162 e. The summed E-state index contributed by atoms with van der Waals surface area (Å²) in [4.78, 5) is 10.4. The van der Waals surface area contributed by atoms with E-state index in [1.54, 1.807) is 6.92 Å². The molecule has 6 heteroatoms. The molecule has 0 radical (unpaired) electrons. The van der Waals surface area contributed by atoms with E-state index < -0.39 is 17.5 Å². The van der Waals surface area contributed by atoms with Crippen LogP contribution in [-0.4, -0.2) is 0 Å². The van der Waals surface area contributed by atoms with E-state index in [0.29, 0.717) is 5.56 Å². The van der Waals surface area contributed by atoms with Gasteiger partial charge in [0.15, 0.2) is 11.6 Å². The molecule has 104 valence electrons. The van der Waals surface area contributed by atoms with Crippen molar-refractivity contribution in [3.05, 3.63) is 51.7 Å². The van der Waals surface area contributed by atoms with E-state index in [-0.39, 0.29) is 28.1 Å². The zero-order chi connectivity index (χ0) is 15.0. The van der Waals surface area contributed by atoms with Crippen molar-refractivity contribution >= 4 is 11.4 Å². The highest BCUT2D eigenvalue weighted by Gasteiger charge is 2.17. The molecule has 0 atom stereocenters. The molecule has 0 bridgehead atoms. The fourth-order valence-corrected chi connectivity index (χ4v) is 1.99. The molecule has 0 aliphatic carbocycles. The summed E-state index contributed by atoms with van der Waals surface area (Å²) in [6.45, 7) is 2.95. The third-order valence-electron chi connectivity index (χ3n) is 3.28. The van der Waals surface area contributed by atoms with Gasteiger partial charge in [0.25, 0.3) is 0 Å². The van der Waals surface area contributed by atoms with Crippen LogP contribution in [0.2, 0.25) is 0 Å². The van der Waals surface area contributed by atoms with Crippen LogP contribution < -0.4 is 5.73 Å². The van der Waals surface area contributed by atoms with Crippen LogP contribution in [0, 0.1) is 36.2 Å². The number of nitrogens with two attached hydrogens (primary N) is 1. The number of anilines is 1. The van der Waals surface area contributed by atoms with E-state index >= 15 is 0 Å². The maximum atomic E-state index is 14.0. The van der Waals surface area contributed by atoms with Gasteiger partial charge >= 0.3 is 0 Å². The Hall–Kier alpha value is -2.37. The molecule has 0 fully saturated rings. The number of hydrogen-bond acceptors (Lipinski definition) is 3. The first-order chi connectivity index (χ1) is 9.36. The van der Waals surface area contributed by atoms with E-state index in [9.17, 15) is 18.1 Å². The zero-order valence-electron chi connectivity index (χ0n) is 10.8. The minimum absolute atomic E-state index is 0.00519. The highest BCUT2D eigenvalue weighted by Crippen LogP contribution is 2.35. The number of rotatable bonds is 2. The fourth-order valence-electron chi connectivity index (χ4n) is 1.99. The minimum Gasteiger partial charge on any atom is -0.397 e. The average molecular weight is 280 g/mol. The SMILES string of the molecule is Cc1c(-c2cc(N)c(N=O)cc2F)cc(F)c(F)c1C. The van der Waals surface area contributed by atoms with Gasteiger partial charge in [-0.15, -0.1) is 4.91 Å². The maximum absolute atomic E-state index is 14.0. The van der Waals surface area contributed by atoms with Crippen LogP contribution >= 0.6 is 0 Å². The van der Waals surface area contributed by atoms with E-state index in [0.717, 1.165) is 12.1 Å². The third kappa shape index (κ3) is 2.13. The number of nitrogen functional groups attached to an aromatic ring is 1. The van der Waals surface area contributed by atoms with Crippen molar-refractivity contribution in [2.24, 2.45) is 5.18 Å². The molecule has 0 saturated carbocycles. The van der Waals surface area contributed by atoms with Crippen molar-refractivity contribution in [3.8, 4) is 11.1 Å². The van der Waals surface area contributed by atoms with Gasteiger partial charge in [-0.1, -0.05) is 0 Å². The number of halogens is 3.